The van der Waals surface area contributed by atoms with Crippen LogP contribution in [0.15, 0.2) is 16.8 Å². The Morgan fingerprint density at radius 3 is 2.54 bits per heavy atom. The van der Waals surface area contributed by atoms with E-state index in [9.17, 15) is 0 Å². The maximum absolute atomic E-state index is 6.54. The first-order chi connectivity index (χ1) is 13.7. The van der Waals surface area contributed by atoms with E-state index in [2.05, 4.69) is 29.6 Å². The van der Waals surface area contributed by atoms with Gasteiger partial charge in [-0.3, -0.25) is 4.99 Å². The molecule has 2 fully saturated rings. The van der Waals surface area contributed by atoms with E-state index in [1.54, 1.807) is 6.20 Å². The van der Waals surface area contributed by atoms with Crippen LogP contribution in [0.25, 0.3) is 5.57 Å². The van der Waals surface area contributed by atoms with Crippen LogP contribution in [0.4, 0.5) is 5.95 Å². The highest BCUT2D eigenvalue weighted by Gasteiger charge is 2.31. The highest BCUT2D eigenvalue weighted by molar-refractivity contribution is 6.33. The molecule has 0 spiro atoms. The highest BCUT2D eigenvalue weighted by atomic mass is 35.5. The zero-order valence-electron chi connectivity index (χ0n) is 17.0. The Hall–Kier alpha value is -1.46. The Morgan fingerprint density at radius 1 is 1.11 bits per heavy atom. The summed E-state index contributed by atoms with van der Waals surface area (Å²) < 4.78 is 0. The van der Waals surface area contributed by atoms with E-state index in [1.807, 2.05) is 6.21 Å². The molecular weight excluding hydrogens is 370 g/mol. The van der Waals surface area contributed by atoms with Gasteiger partial charge in [0.1, 0.15) is 0 Å². The van der Waals surface area contributed by atoms with E-state index in [1.165, 1.54) is 31.3 Å². The lowest BCUT2D eigenvalue weighted by Crippen LogP contribution is -2.35. The van der Waals surface area contributed by atoms with Crippen LogP contribution in [-0.4, -0.2) is 41.4 Å². The smallest absolute Gasteiger partial charge is 0.223 e. The van der Waals surface area contributed by atoms with E-state index < -0.39 is 0 Å². The van der Waals surface area contributed by atoms with Gasteiger partial charge in [-0.25, -0.2) is 9.97 Å². The Morgan fingerprint density at radius 2 is 1.86 bits per heavy atom. The molecule has 1 aromatic rings. The third kappa shape index (κ3) is 4.57. The molecule has 5 nitrogen and oxygen atoms in total. The predicted molar refractivity (Wildman–Crippen MR) is 117 cm³/mol. The molecule has 4 rings (SSSR count). The number of aliphatic imine (C=N–C) groups is 1. The number of hydrogen-bond donors (Lipinski definition) is 2. The van der Waals surface area contributed by atoms with E-state index in [0.717, 1.165) is 49.3 Å². The molecule has 2 aliphatic carbocycles. The summed E-state index contributed by atoms with van der Waals surface area (Å²) in [6.07, 6.45) is 14.5. The van der Waals surface area contributed by atoms with Gasteiger partial charge in [0.15, 0.2) is 0 Å². The number of hydrogen-bond acceptors (Lipinski definition) is 5. The summed E-state index contributed by atoms with van der Waals surface area (Å²) in [4.78, 5) is 14.1. The van der Waals surface area contributed by atoms with Gasteiger partial charge in [0, 0.05) is 23.9 Å². The summed E-state index contributed by atoms with van der Waals surface area (Å²) >= 11 is 6.54. The van der Waals surface area contributed by atoms with Crippen molar-refractivity contribution in [2.24, 2.45) is 10.9 Å². The van der Waals surface area contributed by atoms with Gasteiger partial charge in [0.25, 0.3) is 0 Å². The van der Waals surface area contributed by atoms with Crippen molar-refractivity contribution in [1.29, 1.82) is 0 Å². The standard InChI is InChI=1S/C22H32ClN5/c1-3-4-20-17(11-14-5-6-14)18(12-25-20)21-19(23)13-26-22(28-21)27-16-9-7-15(24-2)8-10-16/h12-16,20,24H,3-11H2,1-2H3,(H,26,27,28). The molecule has 2 N–H and O–H groups in total. The summed E-state index contributed by atoms with van der Waals surface area (Å²) in [7, 11) is 2.05. The normalized spacial score (nSPS) is 27.5. The minimum atomic E-state index is 0.305. The minimum Gasteiger partial charge on any atom is -0.351 e. The predicted octanol–water partition coefficient (Wildman–Crippen LogP) is 4.88. The average Bonchev–Trinajstić information content (AvgIpc) is 3.45. The van der Waals surface area contributed by atoms with E-state index >= 15 is 0 Å². The lowest BCUT2D eigenvalue weighted by Gasteiger charge is -2.28. The van der Waals surface area contributed by atoms with Crippen molar-refractivity contribution in [2.75, 3.05) is 12.4 Å². The summed E-state index contributed by atoms with van der Waals surface area (Å²) in [6.45, 7) is 2.23. The van der Waals surface area contributed by atoms with Gasteiger partial charge < -0.3 is 10.6 Å². The van der Waals surface area contributed by atoms with Crippen LogP contribution in [0.2, 0.25) is 5.02 Å². The van der Waals surface area contributed by atoms with Crippen LogP contribution >= 0.6 is 11.6 Å². The number of nitrogens with one attached hydrogen (secondary N) is 2. The second-order valence-electron chi connectivity index (χ2n) is 8.54. The largest absolute Gasteiger partial charge is 0.351 e. The Kier molecular flexibility index (Phi) is 6.32. The van der Waals surface area contributed by atoms with Crippen LogP contribution in [0.5, 0.6) is 0 Å². The molecule has 1 atom stereocenters. The van der Waals surface area contributed by atoms with Crippen LogP contribution in [0, 0.1) is 5.92 Å². The number of halogens is 1. The second-order valence-corrected chi connectivity index (χ2v) is 8.95. The molecule has 2 heterocycles. The molecule has 28 heavy (non-hydrogen) atoms. The minimum absolute atomic E-state index is 0.305. The zero-order valence-corrected chi connectivity index (χ0v) is 17.8. The average molecular weight is 402 g/mol. The van der Waals surface area contributed by atoms with Crippen molar-refractivity contribution in [2.45, 2.75) is 82.8 Å². The van der Waals surface area contributed by atoms with Crippen LogP contribution in [-0.2, 0) is 0 Å². The van der Waals surface area contributed by atoms with Gasteiger partial charge in [-0.15, -0.1) is 0 Å². The zero-order chi connectivity index (χ0) is 19.5. The van der Waals surface area contributed by atoms with Gasteiger partial charge in [0.05, 0.1) is 23.0 Å². The molecule has 0 saturated heterocycles. The first kappa shape index (κ1) is 19.8. The van der Waals surface area contributed by atoms with E-state index in [0.29, 0.717) is 29.1 Å². The van der Waals surface area contributed by atoms with E-state index in [-0.39, 0.29) is 0 Å². The fraction of sp³-hybridized carbons (Fsp3) is 0.682. The first-order valence-corrected chi connectivity index (χ1v) is 11.3. The van der Waals surface area contributed by atoms with Gasteiger partial charge in [0.2, 0.25) is 5.95 Å². The van der Waals surface area contributed by atoms with Gasteiger partial charge in [-0.05, 0) is 69.9 Å². The maximum Gasteiger partial charge on any atom is 0.223 e. The number of allylic oxidation sites excluding steroid dienone is 1. The van der Waals surface area contributed by atoms with Crippen molar-refractivity contribution in [3.63, 3.8) is 0 Å². The van der Waals surface area contributed by atoms with Crippen molar-refractivity contribution < 1.29 is 0 Å². The van der Waals surface area contributed by atoms with Crippen molar-refractivity contribution in [1.82, 2.24) is 15.3 Å². The molecule has 6 heteroatoms. The molecule has 152 valence electrons. The molecular formula is C22H32ClN5. The molecule has 2 saturated carbocycles. The van der Waals surface area contributed by atoms with Crippen molar-refractivity contribution >= 4 is 29.3 Å². The van der Waals surface area contributed by atoms with Crippen LogP contribution < -0.4 is 10.6 Å². The fourth-order valence-electron chi connectivity index (χ4n) is 4.47. The molecule has 1 unspecified atom stereocenters. The fourth-order valence-corrected chi connectivity index (χ4v) is 4.66. The summed E-state index contributed by atoms with van der Waals surface area (Å²) in [5.41, 5.74) is 3.42. The number of nitrogens with zero attached hydrogens (tertiary/aromatic N) is 3. The molecule has 0 amide bonds. The third-order valence-electron chi connectivity index (χ3n) is 6.37. The Labute approximate surface area is 173 Å². The highest BCUT2D eigenvalue weighted by Crippen LogP contribution is 2.42. The van der Waals surface area contributed by atoms with Crippen molar-refractivity contribution in [3.05, 3.63) is 22.5 Å². The number of anilines is 1. The number of aromatic nitrogens is 2. The molecule has 1 aliphatic heterocycles. The van der Waals surface area contributed by atoms with E-state index in [4.69, 9.17) is 21.6 Å². The van der Waals surface area contributed by atoms with Crippen LogP contribution in [0.1, 0.15) is 70.4 Å². The lowest BCUT2D eigenvalue weighted by molar-refractivity contribution is 0.370. The van der Waals surface area contributed by atoms with Gasteiger partial charge in [-0.1, -0.05) is 24.9 Å². The monoisotopic (exact) mass is 401 g/mol. The summed E-state index contributed by atoms with van der Waals surface area (Å²) in [5.74, 6) is 1.52. The Balaban J connectivity index is 1.54. The Bertz CT molecular complexity index is 747. The molecule has 1 aromatic heterocycles. The van der Waals surface area contributed by atoms with Gasteiger partial charge in [-0.2, -0.15) is 0 Å². The van der Waals surface area contributed by atoms with Crippen LogP contribution in [0.3, 0.4) is 0 Å². The maximum atomic E-state index is 6.54. The SMILES string of the molecule is CCCC1N=CC(c2nc(NC3CCC(NC)CC3)ncc2Cl)=C1CC1CC1. The number of rotatable bonds is 8. The third-order valence-corrected chi connectivity index (χ3v) is 6.64. The molecule has 3 aliphatic rings. The molecule has 0 bridgehead atoms. The molecule has 0 aromatic carbocycles. The van der Waals surface area contributed by atoms with Gasteiger partial charge >= 0.3 is 0 Å². The quantitative estimate of drug-likeness (QED) is 0.651. The first-order valence-electron chi connectivity index (χ1n) is 10.9. The topological polar surface area (TPSA) is 62.2 Å². The second kappa shape index (κ2) is 8.91. The van der Waals surface area contributed by atoms with Crippen molar-refractivity contribution in [3.8, 4) is 0 Å². The lowest BCUT2D eigenvalue weighted by atomic mass is 9.91. The summed E-state index contributed by atoms with van der Waals surface area (Å²) in [6, 6.07) is 1.38. The summed E-state index contributed by atoms with van der Waals surface area (Å²) in [5, 5.41) is 7.55. The molecule has 0 radical (unpaired) electrons.